The number of carbonyl (C=O) groups is 3. The number of nitrogens with one attached hydrogen (secondary N) is 1. The number of fused-ring (bicyclic) bond motifs is 1. The Morgan fingerprint density at radius 3 is 2.46 bits per heavy atom. The van der Waals surface area contributed by atoms with E-state index in [9.17, 15) is 22.8 Å². The molecule has 0 bridgehead atoms. The number of urea groups is 1. The van der Waals surface area contributed by atoms with Crippen LogP contribution in [-0.2, 0) is 39.3 Å². The Morgan fingerprint density at radius 2 is 1.86 bits per heavy atom. The van der Waals surface area contributed by atoms with Crippen molar-refractivity contribution in [3.8, 4) is 0 Å². The number of hydrogen-bond donors (Lipinski definition) is 1. The topological polar surface area (TPSA) is 131 Å². The molecule has 4 rings (SSSR count). The molecule has 1 N–H and O–H groups in total. The fourth-order valence-corrected chi connectivity index (χ4v) is 4.67. The quantitative estimate of drug-likeness (QED) is 0.369. The summed E-state index contributed by atoms with van der Waals surface area (Å²) in [5.41, 5.74) is 2.24. The van der Waals surface area contributed by atoms with Gasteiger partial charge in [0.25, 0.3) is 0 Å². The fourth-order valence-electron chi connectivity index (χ4n) is 3.75. The number of imide groups is 1. The molecule has 3 aromatic rings. The monoisotopic (exact) mass is 499 g/mol. The third kappa shape index (κ3) is 4.75. The second-order valence-electron chi connectivity index (χ2n) is 8.12. The molecule has 0 aliphatic carbocycles. The van der Waals surface area contributed by atoms with Gasteiger partial charge in [0.05, 0.1) is 34.6 Å². The van der Waals surface area contributed by atoms with Crippen molar-refractivity contribution in [2.75, 3.05) is 20.6 Å². The smallest absolute Gasteiger partial charge is 0.338 e. The average Bonchev–Trinajstić information content (AvgIpc) is 3.36. The van der Waals surface area contributed by atoms with Crippen LogP contribution >= 0.6 is 0 Å². The van der Waals surface area contributed by atoms with Crippen molar-refractivity contribution in [2.24, 2.45) is 0 Å². The maximum absolute atomic E-state index is 12.6. The number of amides is 3. The molecule has 35 heavy (non-hydrogen) atoms. The molecular weight excluding hydrogens is 474 g/mol. The Kier molecular flexibility index (Phi) is 6.59. The number of imidazole rings is 1. The first-order chi connectivity index (χ1) is 16.6. The third-order valence-electron chi connectivity index (χ3n) is 5.69. The highest BCUT2D eigenvalue weighted by atomic mass is 32.2. The highest BCUT2D eigenvalue weighted by Gasteiger charge is 2.28. The molecule has 0 radical (unpaired) electrons. The van der Waals surface area contributed by atoms with E-state index < -0.39 is 22.0 Å². The van der Waals surface area contributed by atoms with E-state index in [0.29, 0.717) is 29.0 Å². The second-order valence-corrected chi connectivity index (χ2v) is 10.3. The van der Waals surface area contributed by atoms with Crippen molar-refractivity contribution in [1.82, 2.24) is 24.1 Å². The molecule has 3 amide bonds. The van der Waals surface area contributed by atoms with Gasteiger partial charge in [-0.05, 0) is 42.8 Å². The molecule has 1 saturated heterocycles. The molecule has 12 heteroatoms. The van der Waals surface area contributed by atoms with E-state index in [1.165, 1.54) is 26.2 Å². The Labute approximate surface area is 202 Å². The highest BCUT2D eigenvalue weighted by Crippen LogP contribution is 2.23. The summed E-state index contributed by atoms with van der Waals surface area (Å²) in [4.78, 5) is 41.7. The number of ether oxygens (including phenoxy) is 1. The summed E-state index contributed by atoms with van der Waals surface area (Å²) in [6.07, 6.45) is 0. The minimum absolute atomic E-state index is 0.0153. The molecule has 0 spiro atoms. The minimum Gasteiger partial charge on any atom is -0.454 e. The van der Waals surface area contributed by atoms with Crippen molar-refractivity contribution < 1.29 is 27.5 Å². The first-order valence-electron chi connectivity index (χ1n) is 10.9. The van der Waals surface area contributed by atoms with Gasteiger partial charge in [-0.15, -0.1) is 0 Å². The third-order valence-corrected chi connectivity index (χ3v) is 7.50. The summed E-state index contributed by atoms with van der Waals surface area (Å²) in [5.74, 6) is -0.369. The maximum Gasteiger partial charge on any atom is 0.338 e. The lowest BCUT2D eigenvalue weighted by molar-refractivity contribution is -0.125. The lowest BCUT2D eigenvalue weighted by Crippen LogP contribution is -2.30. The van der Waals surface area contributed by atoms with E-state index in [0.717, 1.165) is 14.7 Å². The van der Waals surface area contributed by atoms with Gasteiger partial charge < -0.3 is 14.6 Å². The molecular formula is C23H25N5O6S. The molecule has 1 fully saturated rings. The van der Waals surface area contributed by atoms with E-state index >= 15 is 0 Å². The second kappa shape index (κ2) is 9.47. The molecule has 1 aliphatic rings. The van der Waals surface area contributed by atoms with Gasteiger partial charge in [-0.3, -0.25) is 9.69 Å². The number of nitrogens with zero attached hydrogens (tertiary/aromatic N) is 4. The summed E-state index contributed by atoms with van der Waals surface area (Å²) < 4.78 is 33.3. The average molecular weight is 500 g/mol. The largest absolute Gasteiger partial charge is 0.454 e. The van der Waals surface area contributed by atoms with Crippen LogP contribution in [0.25, 0.3) is 11.0 Å². The number of aryl methyl sites for hydroxylation is 1. The normalized spacial score (nSPS) is 14.1. The van der Waals surface area contributed by atoms with Gasteiger partial charge in [-0.2, -0.15) is 0 Å². The van der Waals surface area contributed by atoms with Crippen LogP contribution < -0.4 is 5.32 Å². The van der Waals surface area contributed by atoms with Gasteiger partial charge in [-0.25, -0.2) is 27.3 Å². The summed E-state index contributed by atoms with van der Waals surface area (Å²) in [7, 11) is -0.678. The van der Waals surface area contributed by atoms with E-state index in [4.69, 9.17) is 4.74 Å². The molecule has 0 saturated carbocycles. The number of aromatic nitrogens is 2. The molecule has 0 atom stereocenters. The zero-order valence-corrected chi connectivity index (χ0v) is 20.3. The van der Waals surface area contributed by atoms with Crippen molar-refractivity contribution >= 4 is 39.0 Å². The van der Waals surface area contributed by atoms with Crippen LogP contribution in [0.2, 0.25) is 0 Å². The van der Waals surface area contributed by atoms with Crippen molar-refractivity contribution in [3.63, 3.8) is 0 Å². The zero-order chi connectivity index (χ0) is 25.3. The maximum atomic E-state index is 12.6. The van der Waals surface area contributed by atoms with E-state index in [2.05, 4.69) is 10.3 Å². The highest BCUT2D eigenvalue weighted by molar-refractivity contribution is 7.89. The number of rotatable bonds is 8. The predicted octanol–water partition coefficient (Wildman–Crippen LogP) is 1.72. The first-order valence-corrected chi connectivity index (χ1v) is 12.3. The number of hydrogen-bond acceptors (Lipinski definition) is 7. The Morgan fingerprint density at radius 1 is 1.14 bits per heavy atom. The molecule has 2 heterocycles. The van der Waals surface area contributed by atoms with Gasteiger partial charge in [0.2, 0.25) is 15.9 Å². The Bertz CT molecular complexity index is 1400. The number of sulfonamides is 1. The Balaban J connectivity index is 1.47. The predicted molar refractivity (Wildman–Crippen MR) is 126 cm³/mol. The minimum atomic E-state index is -3.60. The SMILES string of the molecule is CCn1c(COC(=O)c2ccc(CN3C(=O)CNC3=O)cc2)nc2cc(S(=O)(=O)N(C)C)ccc21. The van der Waals surface area contributed by atoms with Gasteiger partial charge >= 0.3 is 12.0 Å². The number of benzene rings is 2. The van der Waals surface area contributed by atoms with Crippen molar-refractivity contribution in [2.45, 2.75) is 31.5 Å². The zero-order valence-electron chi connectivity index (χ0n) is 19.5. The molecule has 0 unspecified atom stereocenters. The van der Waals surface area contributed by atoms with Crippen LogP contribution in [0, 0.1) is 0 Å². The summed E-state index contributed by atoms with van der Waals surface area (Å²) in [6, 6.07) is 10.7. The van der Waals surface area contributed by atoms with Crippen LogP contribution in [-0.4, -0.2) is 65.7 Å². The molecule has 1 aromatic heterocycles. The van der Waals surface area contributed by atoms with Crippen LogP contribution in [0.15, 0.2) is 47.4 Å². The van der Waals surface area contributed by atoms with E-state index in [1.54, 1.807) is 30.3 Å². The van der Waals surface area contributed by atoms with Crippen molar-refractivity contribution in [1.29, 1.82) is 0 Å². The Hall–Kier alpha value is -3.77. The van der Waals surface area contributed by atoms with Gasteiger partial charge in [0.15, 0.2) is 0 Å². The lowest BCUT2D eigenvalue weighted by Gasteiger charge is -2.12. The van der Waals surface area contributed by atoms with Crippen LogP contribution in [0.4, 0.5) is 4.79 Å². The molecule has 184 valence electrons. The number of esters is 1. The summed E-state index contributed by atoms with van der Waals surface area (Å²) in [5, 5.41) is 2.46. The molecule has 11 nitrogen and oxygen atoms in total. The molecule has 2 aromatic carbocycles. The molecule has 1 aliphatic heterocycles. The van der Waals surface area contributed by atoms with Gasteiger partial charge in [-0.1, -0.05) is 12.1 Å². The van der Waals surface area contributed by atoms with Crippen molar-refractivity contribution in [3.05, 3.63) is 59.4 Å². The standard InChI is InChI=1S/C23H25N5O6S/c1-4-27-19-10-9-17(35(32,33)26(2)3)11-18(19)25-20(27)14-34-22(30)16-7-5-15(6-8-16)13-28-21(29)12-24-23(28)31/h5-11H,4,12-14H2,1-3H3,(H,24,31). The summed E-state index contributed by atoms with van der Waals surface area (Å²) in [6.45, 7) is 2.48. The number of carbonyl (C=O) groups excluding carboxylic acids is 3. The lowest BCUT2D eigenvalue weighted by atomic mass is 10.1. The van der Waals surface area contributed by atoms with E-state index in [-0.39, 0.29) is 30.5 Å². The van der Waals surface area contributed by atoms with E-state index in [1.807, 2.05) is 11.5 Å². The van der Waals surface area contributed by atoms with Gasteiger partial charge in [0, 0.05) is 20.6 Å². The van der Waals surface area contributed by atoms with Gasteiger partial charge in [0.1, 0.15) is 12.4 Å². The fraction of sp³-hybridized carbons (Fsp3) is 0.304. The van der Waals surface area contributed by atoms with Crippen LogP contribution in [0.3, 0.4) is 0 Å². The summed E-state index contributed by atoms with van der Waals surface area (Å²) >= 11 is 0. The first kappa shape index (κ1) is 24.4. The van der Waals surface area contributed by atoms with Crippen LogP contribution in [0.5, 0.6) is 0 Å². The van der Waals surface area contributed by atoms with Crippen LogP contribution in [0.1, 0.15) is 28.7 Å².